The molecule has 0 aliphatic heterocycles. The molecule has 1 aromatic heterocycles. The van der Waals surface area contributed by atoms with Gasteiger partial charge in [-0.2, -0.15) is 0 Å². The molecule has 5 nitrogen and oxygen atoms in total. The van der Waals surface area contributed by atoms with Gasteiger partial charge < -0.3 is 9.73 Å². The Balaban J connectivity index is 1.80. The van der Waals surface area contributed by atoms with Gasteiger partial charge in [0.05, 0.1) is 17.8 Å². The second-order valence-corrected chi connectivity index (χ2v) is 6.17. The smallest absolute Gasteiger partial charge is 0.252 e. The molecule has 1 heterocycles. The zero-order chi connectivity index (χ0) is 18.7. The van der Waals surface area contributed by atoms with Crippen LogP contribution in [0.5, 0.6) is 0 Å². The average Bonchev–Trinajstić information content (AvgIpc) is 2.97. The van der Waals surface area contributed by atoms with Crippen LogP contribution in [-0.4, -0.2) is 16.7 Å². The summed E-state index contributed by atoms with van der Waals surface area (Å²) in [6, 6.07) is 14.1. The van der Waals surface area contributed by atoms with Crippen LogP contribution in [-0.2, 0) is 6.54 Å². The third kappa shape index (κ3) is 3.72. The number of carbonyl (C=O) groups excluding carboxylic acids is 2. The van der Waals surface area contributed by atoms with E-state index in [4.69, 9.17) is 4.42 Å². The van der Waals surface area contributed by atoms with Gasteiger partial charge in [0.1, 0.15) is 5.76 Å². The van der Waals surface area contributed by atoms with Crippen LogP contribution in [0.2, 0.25) is 0 Å². The van der Waals surface area contributed by atoms with Crippen LogP contribution in [0.15, 0.2) is 52.9 Å². The monoisotopic (exact) mass is 348 g/mol. The minimum Gasteiger partial charge on any atom is -0.444 e. The van der Waals surface area contributed by atoms with E-state index in [1.165, 1.54) is 0 Å². The lowest BCUT2D eigenvalue weighted by Gasteiger charge is -2.09. The largest absolute Gasteiger partial charge is 0.444 e. The number of nitrogens with zero attached hydrogens (tertiary/aromatic N) is 1. The molecule has 0 spiro atoms. The lowest BCUT2D eigenvalue weighted by atomic mass is 9.97. The van der Waals surface area contributed by atoms with Crippen LogP contribution in [0.4, 0.5) is 0 Å². The van der Waals surface area contributed by atoms with Gasteiger partial charge in [-0.1, -0.05) is 48.0 Å². The van der Waals surface area contributed by atoms with Gasteiger partial charge in [0.2, 0.25) is 5.89 Å². The molecule has 0 aliphatic carbocycles. The number of amides is 1. The lowest BCUT2D eigenvalue weighted by molar-refractivity contribution is 0.0936. The normalized spacial score (nSPS) is 10.6. The molecule has 0 unspecified atom stereocenters. The van der Waals surface area contributed by atoms with E-state index in [1.807, 2.05) is 32.9 Å². The van der Waals surface area contributed by atoms with E-state index in [9.17, 15) is 9.59 Å². The summed E-state index contributed by atoms with van der Waals surface area (Å²) in [6.07, 6.45) is 0. The number of aryl methyl sites for hydroxylation is 3. The Morgan fingerprint density at radius 2 is 1.62 bits per heavy atom. The summed E-state index contributed by atoms with van der Waals surface area (Å²) >= 11 is 0. The first-order valence-electron chi connectivity index (χ1n) is 8.37. The number of rotatable bonds is 5. The minimum atomic E-state index is -0.338. The fourth-order valence-electron chi connectivity index (χ4n) is 2.61. The molecule has 2 aromatic carbocycles. The van der Waals surface area contributed by atoms with Crippen molar-refractivity contribution >= 4 is 11.7 Å². The summed E-state index contributed by atoms with van der Waals surface area (Å²) in [5.74, 6) is 0.646. The SMILES string of the molecule is Cc1ccc(C(=O)c2ccccc2C(=O)NCc2nc(C)c(C)o2)cc1. The number of benzene rings is 2. The van der Waals surface area contributed by atoms with Crippen LogP contribution in [0.1, 0.15) is 49.2 Å². The summed E-state index contributed by atoms with van der Waals surface area (Å²) < 4.78 is 5.47. The molecular weight excluding hydrogens is 328 g/mol. The summed E-state index contributed by atoms with van der Waals surface area (Å²) in [5.41, 5.74) is 3.12. The van der Waals surface area contributed by atoms with Crippen LogP contribution in [0, 0.1) is 20.8 Å². The lowest BCUT2D eigenvalue weighted by Crippen LogP contribution is -2.25. The van der Waals surface area contributed by atoms with Crippen molar-refractivity contribution in [1.82, 2.24) is 10.3 Å². The van der Waals surface area contributed by atoms with Gasteiger partial charge in [-0.15, -0.1) is 0 Å². The highest BCUT2D eigenvalue weighted by atomic mass is 16.4. The Morgan fingerprint density at radius 3 is 2.23 bits per heavy atom. The molecule has 0 bridgehead atoms. The molecule has 1 N–H and O–H groups in total. The second-order valence-electron chi connectivity index (χ2n) is 6.17. The maximum absolute atomic E-state index is 12.8. The molecule has 0 radical (unpaired) electrons. The van der Waals surface area contributed by atoms with Crippen LogP contribution in [0.25, 0.3) is 0 Å². The summed E-state index contributed by atoms with van der Waals surface area (Å²) in [4.78, 5) is 29.6. The van der Waals surface area contributed by atoms with Crippen molar-refractivity contribution in [1.29, 1.82) is 0 Å². The number of aromatic nitrogens is 1. The van der Waals surface area contributed by atoms with Crippen LogP contribution >= 0.6 is 0 Å². The molecule has 1 amide bonds. The van der Waals surface area contributed by atoms with Crippen molar-refractivity contribution in [2.45, 2.75) is 27.3 Å². The zero-order valence-electron chi connectivity index (χ0n) is 15.0. The molecule has 3 aromatic rings. The molecule has 132 valence electrons. The van der Waals surface area contributed by atoms with Gasteiger partial charge in [-0.25, -0.2) is 4.98 Å². The first-order valence-corrected chi connectivity index (χ1v) is 8.37. The Bertz CT molecular complexity index is 936. The number of oxazole rings is 1. The molecule has 0 aliphatic rings. The van der Waals surface area contributed by atoms with Crippen molar-refractivity contribution in [3.05, 3.63) is 88.1 Å². The van der Waals surface area contributed by atoms with E-state index in [-0.39, 0.29) is 18.2 Å². The second kappa shape index (κ2) is 7.35. The summed E-state index contributed by atoms with van der Waals surface area (Å²) in [7, 11) is 0. The topological polar surface area (TPSA) is 72.2 Å². The minimum absolute atomic E-state index is 0.167. The highest BCUT2D eigenvalue weighted by Gasteiger charge is 2.18. The van der Waals surface area contributed by atoms with Gasteiger partial charge in [0, 0.05) is 11.1 Å². The van der Waals surface area contributed by atoms with Crippen molar-refractivity contribution in [2.24, 2.45) is 0 Å². The fraction of sp³-hybridized carbons (Fsp3) is 0.190. The van der Waals surface area contributed by atoms with E-state index in [1.54, 1.807) is 36.4 Å². The highest BCUT2D eigenvalue weighted by molar-refractivity contribution is 6.15. The highest BCUT2D eigenvalue weighted by Crippen LogP contribution is 2.16. The molecular formula is C21H20N2O3. The Morgan fingerprint density at radius 1 is 0.962 bits per heavy atom. The molecule has 26 heavy (non-hydrogen) atoms. The quantitative estimate of drug-likeness (QED) is 0.713. The Kier molecular flexibility index (Phi) is 4.98. The standard InChI is InChI=1S/C21H20N2O3/c1-13-8-10-16(11-9-13)20(24)17-6-4-5-7-18(17)21(25)22-12-19-23-14(2)15(3)26-19/h4-11H,12H2,1-3H3,(H,22,25). The molecule has 0 saturated carbocycles. The van der Waals surface area contributed by atoms with Gasteiger partial charge in [-0.05, 0) is 26.8 Å². The van der Waals surface area contributed by atoms with E-state index >= 15 is 0 Å². The molecule has 5 heteroatoms. The molecule has 0 fully saturated rings. The molecule has 3 rings (SSSR count). The third-order valence-electron chi connectivity index (χ3n) is 4.20. The number of carbonyl (C=O) groups is 2. The predicted octanol–water partition coefficient (Wildman–Crippen LogP) is 3.76. The number of hydrogen-bond donors (Lipinski definition) is 1. The van der Waals surface area contributed by atoms with Crippen molar-refractivity contribution in [3.63, 3.8) is 0 Å². The average molecular weight is 348 g/mol. The number of hydrogen-bond acceptors (Lipinski definition) is 4. The first kappa shape index (κ1) is 17.6. The first-order chi connectivity index (χ1) is 12.5. The van der Waals surface area contributed by atoms with Gasteiger partial charge in [0.15, 0.2) is 5.78 Å². The zero-order valence-corrected chi connectivity index (χ0v) is 15.0. The number of nitrogens with one attached hydrogen (secondary N) is 1. The van der Waals surface area contributed by atoms with Crippen molar-refractivity contribution in [2.75, 3.05) is 0 Å². The van der Waals surface area contributed by atoms with Crippen molar-refractivity contribution in [3.8, 4) is 0 Å². The number of ketones is 1. The van der Waals surface area contributed by atoms with Gasteiger partial charge >= 0.3 is 0 Å². The molecule has 0 saturated heterocycles. The predicted molar refractivity (Wildman–Crippen MR) is 98.2 cm³/mol. The van der Waals surface area contributed by atoms with E-state index in [0.717, 1.165) is 17.0 Å². The van der Waals surface area contributed by atoms with Gasteiger partial charge in [-0.3, -0.25) is 9.59 Å². The van der Waals surface area contributed by atoms with Crippen LogP contribution in [0.3, 0.4) is 0 Å². The third-order valence-corrected chi connectivity index (χ3v) is 4.20. The summed E-state index contributed by atoms with van der Waals surface area (Å²) in [5, 5.41) is 2.76. The van der Waals surface area contributed by atoms with Crippen molar-refractivity contribution < 1.29 is 14.0 Å². The fourth-order valence-corrected chi connectivity index (χ4v) is 2.61. The van der Waals surface area contributed by atoms with Gasteiger partial charge in [0.25, 0.3) is 5.91 Å². The maximum Gasteiger partial charge on any atom is 0.252 e. The Labute approximate surface area is 152 Å². The summed E-state index contributed by atoms with van der Waals surface area (Å²) in [6.45, 7) is 5.80. The molecule has 0 atom stereocenters. The van der Waals surface area contributed by atoms with E-state index < -0.39 is 0 Å². The van der Waals surface area contributed by atoms with Crippen LogP contribution < -0.4 is 5.32 Å². The Hall–Kier alpha value is -3.21. The maximum atomic E-state index is 12.8. The van der Waals surface area contributed by atoms with E-state index in [0.29, 0.717) is 22.6 Å². The van der Waals surface area contributed by atoms with E-state index in [2.05, 4.69) is 10.3 Å².